The summed E-state index contributed by atoms with van der Waals surface area (Å²) in [6.07, 6.45) is 5.41. The van der Waals surface area contributed by atoms with Crippen LogP contribution in [0.4, 0.5) is 0 Å². The molecule has 0 radical (unpaired) electrons. The van der Waals surface area contributed by atoms with Crippen LogP contribution in [0, 0.1) is 5.92 Å². The predicted molar refractivity (Wildman–Crippen MR) is 146 cm³/mol. The van der Waals surface area contributed by atoms with Gasteiger partial charge in [-0.3, -0.25) is 19.4 Å². The van der Waals surface area contributed by atoms with E-state index in [1.54, 1.807) is 0 Å². The Morgan fingerprint density at radius 1 is 0.974 bits per heavy atom. The number of aromatic nitrogens is 2. The highest BCUT2D eigenvalue weighted by Gasteiger charge is 2.31. The number of carbonyl (C=O) groups is 4. The van der Waals surface area contributed by atoms with E-state index in [2.05, 4.69) is 30.9 Å². The smallest absolute Gasteiger partial charge is 0.326 e. The molecular weight excluding hydrogens is 508 g/mol. The number of carboxylic acids is 1. The number of rotatable bonds is 19. The Kier molecular flexibility index (Phi) is 15.1. The van der Waals surface area contributed by atoms with E-state index in [0.717, 1.165) is 0 Å². The van der Waals surface area contributed by atoms with Crippen molar-refractivity contribution in [1.29, 1.82) is 0 Å². The third kappa shape index (κ3) is 13.6. The summed E-state index contributed by atoms with van der Waals surface area (Å²) in [6.45, 7) is 4.43. The molecule has 1 aromatic heterocycles. The van der Waals surface area contributed by atoms with E-state index in [1.165, 1.54) is 12.5 Å². The first kappa shape index (κ1) is 33.3. The van der Waals surface area contributed by atoms with Gasteiger partial charge in [0.1, 0.15) is 18.1 Å². The summed E-state index contributed by atoms with van der Waals surface area (Å²) in [5.41, 5.74) is 22.7. The minimum atomic E-state index is -1.24. The molecule has 220 valence electrons. The van der Waals surface area contributed by atoms with Crippen molar-refractivity contribution in [2.24, 2.45) is 33.8 Å². The maximum atomic E-state index is 13.3. The summed E-state index contributed by atoms with van der Waals surface area (Å²) in [5.74, 6) is -3.12. The molecule has 0 aliphatic carbocycles. The molecule has 0 spiro atoms. The van der Waals surface area contributed by atoms with Crippen LogP contribution in [-0.2, 0) is 25.6 Å². The topological polar surface area (TPSA) is 270 Å². The van der Waals surface area contributed by atoms with Crippen LogP contribution in [0.5, 0.6) is 0 Å². The van der Waals surface area contributed by atoms with Crippen LogP contribution in [0.3, 0.4) is 0 Å². The highest BCUT2D eigenvalue weighted by Crippen LogP contribution is 2.09. The molecular formula is C24H44N10O5. The van der Waals surface area contributed by atoms with Gasteiger partial charge < -0.3 is 49.0 Å². The molecule has 0 aliphatic rings. The van der Waals surface area contributed by atoms with Crippen molar-refractivity contribution in [2.75, 3.05) is 13.1 Å². The average molecular weight is 553 g/mol. The third-order valence-electron chi connectivity index (χ3n) is 5.82. The van der Waals surface area contributed by atoms with Gasteiger partial charge in [-0.1, -0.05) is 20.3 Å². The summed E-state index contributed by atoms with van der Waals surface area (Å²) in [5, 5.41) is 17.4. The first-order chi connectivity index (χ1) is 18.4. The Bertz CT molecular complexity index is 934. The average Bonchev–Trinajstić information content (AvgIpc) is 3.37. The van der Waals surface area contributed by atoms with E-state index < -0.39 is 47.9 Å². The van der Waals surface area contributed by atoms with E-state index in [1.807, 2.05) is 13.8 Å². The summed E-state index contributed by atoms with van der Waals surface area (Å²) in [7, 11) is 0. The molecule has 4 atom stereocenters. The Morgan fingerprint density at radius 2 is 1.62 bits per heavy atom. The molecule has 0 aliphatic heterocycles. The van der Waals surface area contributed by atoms with Gasteiger partial charge in [-0.05, 0) is 44.6 Å². The number of nitrogens with zero attached hydrogens (tertiary/aromatic N) is 2. The summed E-state index contributed by atoms with van der Waals surface area (Å²) in [6, 6.07) is -4.14. The molecule has 13 N–H and O–H groups in total. The second-order valence-corrected chi connectivity index (χ2v) is 9.77. The van der Waals surface area contributed by atoms with Crippen LogP contribution in [0.1, 0.15) is 58.1 Å². The maximum absolute atomic E-state index is 13.3. The van der Waals surface area contributed by atoms with Crippen molar-refractivity contribution in [3.8, 4) is 0 Å². The van der Waals surface area contributed by atoms with Gasteiger partial charge in [-0.2, -0.15) is 0 Å². The number of amides is 3. The Hall–Kier alpha value is -3.72. The number of aliphatic carboxylic acids is 1. The van der Waals surface area contributed by atoms with Gasteiger partial charge in [-0.15, -0.1) is 0 Å². The molecule has 0 fully saturated rings. The first-order valence-electron chi connectivity index (χ1n) is 13.1. The van der Waals surface area contributed by atoms with Crippen LogP contribution in [-0.4, -0.2) is 82.0 Å². The predicted octanol–water partition coefficient (Wildman–Crippen LogP) is -1.95. The molecule has 1 aromatic rings. The normalized spacial score (nSPS) is 14.1. The molecule has 1 rings (SSSR count). The molecule has 0 saturated heterocycles. The number of guanidine groups is 1. The van der Waals surface area contributed by atoms with Gasteiger partial charge in [0, 0.05) is 24.9 Å². The van der Waals surface area contributed by atoms with E-state index in [0.29, 0.717) is 37.9 Å². The van der Waals surface area contributed by atoms with Crippen LogP contribution < -0.4 is 38.9 Å². The SMILES string of the molecule is CC(C)CC(NC(=O)C(CCCN=C(N)N)NC(=O)C(N)CCCCN)C(=O)NC(Cc1cnc[nH]1)C(=O)O. The van der Waals surface area contributed by atoms with Crippen LogP contribution in [0.2, 0.25) is 0 Å². The number of aromatic amines is 1. The molecule has 0 aromatic carbocycles. The number of carboxylic acid groups (broad SMARTS) is 1. The number of hydrogen-bond donors (Lipinski definition) is 9. The molecule has 4 unspecified atom stereocenters. The third-order valence-corrected chi connectivity index (χ3v) is 5.82. The Labute approximate surface area is 228 Å². The van der Waals surface area contributed by atoms with Gasteiger partial charge in [0.25, 0.3) is 0 Å². The lowest BCUT2D eigenvalue weighted by atomic mass is 10.0. The molecule has 0 bridgehead atoms. The zero-order valence-electron chi connectivity index (χ0n) is 22.7. The monoisotopic (exact) mass is 552 g/mol. The van der Waals surface area contributed by atoms with Gasteiger partial charge in [-0.25, -0.2) is 9.78 Å². The molecule has 3 amide bonds. The standard InChI is InChI=1S/C24H44N10O5/c1-14(2)10-18(22(37)34-19(23(38)39)11-15-12-29-13-31-15)33-21(36)17(7-5-9-30-24(27)28)32-20(35)16(26)6-3-4-8-25/h12-14,16-19H,3-11,25-26H2,1-2H3,(H,29,31)(H,32,35)(H,33,36)(H,34,37)(H,38,39)(H4,27,28,30). The van der Waals surface area contributed by atoms with E-state index in [-0.39, 0.29) is 37.7 Å². The second kappa shape index (κ2) is 17.7. The fraction of sp³-hybridized carbons (Fsp3) is 0.667. The van der Waals surface area contributed by atoms with E-state index in [9.17, 15) is 24.3 Å². The molecule has 39 heavy (non-hydrogen) atoms. The van der Waals surface area contributed by atoms with Crippen molar-refractivity contribution < 1.29 is 24.3 Å². The lowest BCUT2D eigenvalue weighted by Gasteiger charge is -2.26. The number of nitrogens with two attached hydrogens (primary N) is 4. The molecule has 15 nitrogen and oxygen atoms in total. The van der Waals surface area contributed by atoms with Crippen LogP contribution in [0.25, 0.3) is 0 Å². The minimum absolute atomic E-state index is 0.0113. The van der Waals surface area contributed by atoms with E-state index >= 15 is 0 Å². The molecule has 1 heterocycles. The number of imidazole rings is 1. The lowest BCUT2D eigenvalue weighted by molar-refractivity contribution is -0.142. The summed E-state index contributed by atoms with van der Waals surface area (Å²) < 4.78 is 0. The minimum Gasteiger partial charge on any atom is -0.480 e. The molecule has 15 heteroatoms. The zero-order valence-corrected chi connectivity index (χ0v) is 22.7. The fourth-order valence-electron chi connectivity index (χ4n) is 3.75. The quantitative estimate of drug-likeness (QED) is 0.0519. The highest BCUT2D eigenvalue weighted by molar-refractivity contribution is 5.94. The van der Waals surface area contributed by atoms with Crippen molar-refractivity contribution in [3.05, 3.63) is 18.2 Å². The number of hydrogen-bond acceptors (Lipinski definition) is 8. The number of nitrogens with one attached hydrogen (secondary N) is 4. The van der Waals surface area contributed by atoms with Gasteiger partial charge in [0.2, 0.25) is 17.7 Å². The summed E-state index contributed by atoms with van der Waals surface area (Å²) >= 11 is 0. The maximum Gasteiger partial charge on any atom is 0.326 e. The molecule has 0 saturated carbocycles. The van der Waals surface area contributed by atoms with Gasteiger partial charge in [0.05, 0.1) is 12.4 Å². The van der Waals surface area contributed by atoms with Crippen LogP contribution >= 0.6 is 0 Å². The largest absolute Gasteiger partial charge is 0.480 e. The number of aliphatic imine (C=N–C) groups is 1. The first-order valence-corrected chi connectivity index (χ1v) is 13.1. The van der Waals surface area contributed by atoms with Crippen molar-refractivity contribution in [2.45, 2.75) is 83.0 Å². The summed E-state index contributed by atoms with van der Waals surface area (Å²) in [4.78, 5) is 61.4. The van der Waals surface area contributed by atoms with Crippen molar-refractivity contribution >= 4 is 29.7 Å². The number of unbranched alkanes of at least 4 members (excludes halogenated alkanes) is 1. The zero-order chi connectivity index (χ0) is 29.4. The fourth-order valence-corrected chi connectivity index (χ4v) is 3.75. The number of H-pyrrole nitrogens is 1. The van der Waals surface area contributed by atoms with Crippen molar-refractivity contribution in [1.82, 2.24) is 25.9 Å². The van der Waals surface area contributed by atoms with Crippen LogP contribution in [0.15, 0.2) is 17.5 Å². The highest BCUT2D eigenvalue weighted by atomic mass is 16.4. The Balaban J connectivity index is 2.99. The number of carbonyl (C=O) groups excluding carboxylic acids is 3. The van der Waals surface area contributed by atoms with Gasteiger partial charge in [0.15, 0.2) is 5.96 Å². The lowest BCUT2D eigenvalue weighted by Crippen LogP contribution is -2.57. The van der Waals surface area contributed by atoms with E-state index in [4.69, 9.17) is 22.9 Å². The Morgan fingerprint density at radius 3 is 2.18 bits per heavy atom. The van der Waals surface area contributed by atoms with Crippen molar-refractivity contribution in [3.63, 3.8) is 0 Å². The van der Waals surface area contributed by atoms with Gasteiger partial charge >= 0.3 is 5.97 Å². The second-order valence-electron chi connectivity index (χ2n) is 9.77.